The second kappa shape index (κ2) is 8.40. The standard InChI is InChI=1S/C18H19NO4S/c1-3-4-7-13-12-15(17(24-13)10-11-18(20)23-2)14-8-5-6-9-16(14)19(21)22/h5-6,8-12H,3-4,7H2,1-2H3/b11-10+. The molecule has 6 heteroatoms. The lowest BCUT2D eigenvalue weighted by Gasteiger charge is -2.02. The lowest BCUT2D eigenvalue weighted by Crippen LogP contribution is -1.93. The summed E-state index contributed by atoms with van der Waals surface area (Å²) >= 11 is 1.55. The van der Waals surface area contributed by atoms with Crippen LogP contribution in [0.4, 0.5) is 5.69 Å². The van der Waals surface area contributed by atoms with Crippen LogP contribution in [0.1, 0.15) is 29.5 Å². The Morgan fingerprint density at radius 3 is 2.75 bits per heavy atom. The Bertz CT molecular complexity index is 764. The van der Waals surface area contributed by atoms with Crippen LogP contribution in [0.25, 0.3) is 17.2 Å². The highest BCUT2D eigenvalue weighted by Crippen LogP contribution is 2.38. The van der Waals surface area contributed by atoms with E-state index in [1.165, 1.54) is 19.3 Å². The van der Waals surface area contributed by atoms with Crippen molar-refractivity contribution in [2.75, 3.05) is 7.11 Å². The van der Waals surface area contributed by atoms with Crippen LogP contribution >= 0.6 is 11.3 Å². The fourth-order valence-corrected chi connectivity index (χ4v) is 3.46. The Morgan fingerprint density at radius 1 is 1.33 bits per heavy atom. The van der Waals surface area contributed by atoms with E-state index >= 15 is 0 Å². The maximum atomic E-state index is 11.4. The van der Waals surface area contributed by atoms with Crippen molar-refractivity contribution in [3.8, 4) is 11.1 Å². The molecular weight excluding hydrogens is 326 g/mol. The van der Waals surface area contributed by atoms with Crippen LogP contribution in [-0.2, 0) is 16.0 Å². The van der Waals surface area contributed by atoms with Gasteiger partial charge in [-0.2, -0.15) is 0 Å². The molecule has 1 heterocycles. The number of nitrogens with zero attached hydrogens (tertiary/aromatic N) is 1. The van der Waals surface area contributed by atoms with E-state index in [-0.39, 0.29) is 10.6 Å². The van der Waals surface area contributed by atoms with Gasteiger partial charge in [0.25, 0.3) is 5.69 Å². The molecule has 0 N–H and O–H groups in total. The van der Waals surface area contributed by atoms with Gasteiger partial charge >= 0.3 is 5.97 Å². The lowest BCUT2D eigenvalue weighted by atomic mass is 10.0. The molecule has 24 heavy (non-hydrogen) atoms. The third-order valence-electron chi connectivity index (χ3n) is 3.55. The number of hydrogen-bond acceptors (Lipinski definition) is 5. The summed E-state index contributed by atoms with van der Waals surface area (Å²) in [7, 11) is 1.32. The quantitative estimate of drug-likeness (QED) is 0.311. The van der Waals surface area contributed by atoms with Crippen LogP contribution in [0.2, 0.25) is 0 Å². The summed E-state index contributed by atoms with van der Waals surface area (Å²) < 4.78 is 4.62. The fourth-order valence-electron chi connectivity index (χ4n) is 2.34. The Balaban J connectivity index is 2.51. The summed E-state index contributed by atoms with van der Waals surface area (Å²) in [4.78, 5) is 24.3. The van der Waals surface area contributed by atoms with E-state index in [0.29, 0.717) is 5.56 Å². The first-order chi connectivity index (χ1) is 11.6. The highest BCUT2D eigenvalue weighted by molar-refractivity contribution is 7.13. The van der Waals surface area contributed by atoms with Gasteiger partial charge in [0.1, 0.15) is 0 Å². The molecule has 0 fully saturated rings. The van der Waals surface area contributed by atoms with Crippen molar-refractivity contribution >= 4 is 29.1 Å². The van der Waals surface area contributed by atoms with Crippen LogP contribution < -0.4 is 0 Å². The van der Waals surface area contributed by atoms with Gasteiger partial charge in [-0.15, -0.1) is 11.3 Å². The van der Waals surface area contributed by atoms with Crippen molar-refractivity contribution < 1.29 is 14.5 Å². The molecule has 0 atom stereocenters. The van der Waals surface area contributed by atoms with Crippen molar-refractivity contribution in [1.82, 2.24) is 0 Å². The van der Waals surface area contributed by atoms with Crippen molar-refractivity contribution in [1.29, 1.82) is 0 Å². The van der Waals surface area contributed by atoms with Crippen LogP contribution in [0.5, 0.6) is 0 Å². The molecule has 0 amide bonds. The first-order valence-corrected chi connectivity index (χ1v) is 8.51. The lowest BCUT2D eigenvalue weighted by molar-refractivity contribution is -0.384. The monoisotopic (exact) mass is 345 g/mol. The van der Waals surface area contributed by atoms with Gasteiger partial charge in [-0.1, -0.05) is 25.5 Å². The van der Waals surface area contributed by atoms with E-state index in [1.54, 1.807) is 35.6 Å². The van der Waals surface area contributed by atoms with E-state index < -0.39 is 5.97 Å². The molecule has 5 nitrogen and oxygen atoms in total. The summed E-state index contributed by atoms with van der Waals surface area (Å²) in [6.07, 6.45) is 6.05. The largest absolute Gasteiger partial charge is 0.466 e. The predicted molar refractivity (Wildman–Crippen MR) is 96.1 cm³/mol. The number of hydrogen-bond donors (Lipinski definition) is 0. The molecule has 0 saturated heterocycles. The maximum absolute atomic E-state index is 11.4. The fraction of sp³-hybridized carbons (Fsp3) is 0.278. The summed E-state index contributed by atoms with van der Waals surface area (Å²) in [5.74, 6) is -0.452. The minimum absolute atomic E-state index is 0.0602. The predicted octanol–water partition coefficient (Wildman–Crippen LogP) is 4.85. The molecule has 0 radical (unpaired) electrons. The van der Waals surface area contributed by atoms with Gasteiger partial charge in [0, 0.05) is 27.5 Å². The molecule has 0 bridgehead atoms. The number of ether oxygens (including phenoxy) is 1. The van der Waals surface area contributed by atoms with E-state index in [2.05, 4.69) is 11.7 Å². The summed E-state index contributed by atoms with van der Waals surface area (Å²) in [5.41, 5.74) is 1.40. The number of nitro benzene ring substituents is 1. The van der Waals surface area contributed by atoms with E-state index in [9.17, 15) is 14.9 Å². The van der Waals surface area contributed by atoms with Crippen LogP contribution in [0.3, 0.4) is 0 Å². The zero-order valence-corrected chi connectivity index (χ0v) is 14.5. The topological polar surface area (TPSA) is 69.4 Å². The Hall–Kier alpha value is -2.47. The van der Waals surface area contributed by atoms with E-state index in [0.717, 1.165) is 34.6 Å². The van der Waals surface area contributed by atoms with Gasteiger partial charge in [0.05, 0.1) is 17.6 Å². The molecule has 0 saturated carbocycles. The first kappa shape index (κ1) is 17.9. The molecule has 0 aliphatic heterocycles. The number of benzene rings is 1. The molecular formula is C18H19NO4S. The SMILES string of the molecule is CCCCc1cc(-c2ccccc2[N+](=O)[O-])c(/C=C/C(=O)OC)s1. The van der Waals surface area contributed by atoms with Gasteiger partial charge in [-0.3, -0.25) is 10.1 Å². The zero-order valence-electron chi connectivity index (χ0n) is 13.7. The highest BCUT2D eigenvalue weighted by atomic mass is 32.1. The number of rotatable bonds is 7. The molecule has 126 valence electrons. The summed E-state index contributed by atoms with van der Waals surface area (Å²) in [6.45, 7) is 2.12. The number of esters is 1. The van der Waals surface area contributed by atoms with Gasteiger partial charge in [-0.25, -0.2) is 4.79 Å². The number of methoxy groups -OCH3 is 1. The van der Waals surface area contributed by atoms with Crippen molar-refractivity contribution in [3.63, 3.8) is 0 Å². The zero-order chi connectivity index (χ0) is 17.5. The normalized spacial score (nSPS) is 10.9. The molecule has 2 rings (SSSR count). The van der Waals surface area contributed by atoms with E-state index in [1.807, 2.05) is 6.07 Å². The number of thiophene rings is 1. The first-order valence-electron chi connectivity index (χ1n) is 7.69. The van der Waals surface area contributed by atoms with Gasteiger partial charge in [0.2, 0.25) is 0 Å². The average molecular weight is 345 g/mol. The van der Waals surface area contributed by atoms with Crippen molar-refractivity contribution in [2.24, 2.45) is 0 Å². The minimum Gasteiger partial charge on any atom is -0.466 e. The van der Waals surface area contributed by atoms with Crippen molar-refractivity contribution in [3.05, 3.63) is 56.3 Å². The minimum atomic E-state index is -0.452. The Kier molecular flexibility index (Phi) is 6.26. The van der Waals surface area contributed by atoms with E-state index in [4.69, 9.17) is 0 Å². The number of para-hydroxylation sites is 1. The maximum Gasteiger partial charge on any atom is 0.330 e. The third kappa shape index (κ3) is 4.29. The second-order valence-electron chi connectivity index (χ2n) is 5.22. The average Bonchev–Trinajstić information content (AvgIpc) is 3.00. The third-order valence-corrected chi connectivity index (χ3v) is 4.71. The van der Waals surface area contributed by atoms with Crippen molar-refractivity contribution in [2.45, 2.75) is 26.2 Å². The molecule has 0 aliphatic rings. The Morgan fingerprint density at radius 2 is 2.08 bits per heavy atom. The highest BCUT2D eigenvalue weighted by Gasteiger charge is 2.18. The molecule has 2 aromatic rings. The number of nitro groups is 1. The number of carbonyl (C=O) groups is 1. The molecule has 1 aromatic carbocycles. The molecule has 1 aromatic heterocycles. The van der Waals surface area contributed by atoms with Gasteiger partial charge in [-0.05, 0) is 31.1 Å². The molecule has 0 spiro atoms. The summed E-state index contributed by atoms with van der Waals surface area (Å²) in [6, 6.07) is 8.64. The van der Waals surface area contributed by atoms with Crippen LogP contribution in [0, 0.1) is 10.1 Å². The number of unbranched alkanes of at least 4 members (excludes halogenated alkanes) is 1. The second-order valence-corrected chi connectivity index (χ2v) is 6.39. The summed E-state index contributed by atoms with van der Waals surface area (Å²) in [5, 5.41) is 11.3. The smallest absolute Gasteiger partial charge is 0.330 e. The molecule has 0 aliphatic carbocycles. The van der Waals surface area contributed by atoms with Crippen LogP contribution in [0.15, 0.2) is 36.4 Å². The van der Waals surface area contributed by atoms with Crippen LogP contribution in [-0.4, -0.2) is 18.0 Å². The number of aryl methyl sites for hydroxylation is 1. The van der Waals surface area contributed by atoms with Gasteiger partial charge in [0.15, 0.2) is 0 Å². The Labute approximate surface area is 144 Å². The number of carbonyl (C=O) groups excluding carboxylic acids is 1. The van der Waals surface area contributed by atoms with Gasteiger partial charge < -0.3 is 4.74 Å². The molecule has 0 unspecified atom stereocenters.